The van der Waals surface area contributed by atoms with E-state index >= 15 is 0 Å². The maximum absolute atomic E-state index is 12.2. The van der Waals surface area contributed by atoms with Gasteiger partial charge in [0.05, 0.1) is 12.1 Å². The normalized spacial score (nSPS) is 11.0. The van der Waals surface area contributed by atoms with Gasteiger partial charge in [-0.3, -0.25) is 4.79 Å². The molecule has 0 saturated carbocycles. The van der Waals surface area contributed by atoms with Gasteiger partial charge in [0.2, 0.25) is 11.7 Å². The monoisotopic (exact) mass is 316 g/mol. The molecule has 0 saturated heterocycles. The van der Waals surface area contributed by atoms with Crippen LogP contribution in [0.15, 0.2) is 23.7 Å². The predicted octanol–water partition coefficient (Wildman–Crippen LogP) is 1.66. The summed E-state index contributed by atoms with van der Waals surface area (Å²) in [7, 11) is 0. The van der Waals surface area contributed by atoms with Crippen molar-refractivity contribution in [3.05, 3.63) is 29.4 Å². The highest BCUT2D eigenvalue weighted by atomic mass is 32.1. The molecule has 0 unspecified atom stereocenters. The quantitative estimate of drug-likeness (QED) is 0.715. The first-order valence-corrected chi connectivity index (χ1v) is 7.99. The van der Waals surface area contributed by atoms with E-state index in [0.29, 0.717) is 30.3 Å². The van der Waals surface area contributed by atoms with Crippen LogP contribution in [0.4, 0.5) is 0 Å². The molecule has 1 amide bonds. The highest BCUT2D eigenvalue weighted by Gasteiger charge is 2.15. The lowest BCUT2D eigenvalue weighted by molar-refractivity contribution is -0.130. The van der Waals surface area contributed by atoms with E-state index in [4.69, 9.17) is 0 Å². The Morgan fingerprint density at radius 2 is 2.09 bits per heavy atom. The summed E-state index contributed by atoms with van der Waals surface area (Å²) >= 11 is 1.48. The molecule has 0 aromatic carbocycles. The van der Waals surface area contributed by atoms with E-state index < -0.39 is 0 Å². The standard InChI is InChI=1S/C14H16N6OS/c1-3-19(4-2)12(21)9-10-5-6-11-16-17-13(20(11)18-10)14-15-7-8-22-14/h5-8H,3-4,9H2,1-2H3. The van der Waals surface area contributed by atoms with E-state index in [2.05, 4.69) is 20.3 Å². The van der Waals surface area contributed by atoms with E-state index in [0.717, 1.165) is 5.01 Å². The zero-order valence-corrected chi connectivity index (χ0v) is 13.2. The number of nitrogens with zero attached hydrogens (tertiary/aromatic N) is 6. The van der Waals surface area contributed by atoms with Crippen molar-refractivity contribution >= 4 is 22.9 Å². The second-order valence-corrected chi connectivity index (χ2v) is 5.59. The van der Waals surface area contributed by atoms with E-state index in [9.17, 15) is 4.79 Å². The minimum atomic E-state index is 0.0701. The molecular weight excluding hydrogens is 300 g/mol. The zero-order chi connectivity index (χ0) is 15.5. The van der Waals surface area contributed by atoms with Gasteiger partial charge in [-0.1, -0.05) is 0 Å². The fraction of sp³-hybridized carbons (Fsp3) is 0.357. The second-order valence-electron chi connectivity index (χ2n) is 4.70. The lowest BCUT2D eigenvalue weighted by atomic mass is 10.2. The Morgan fingerprint density at radius 1 is 1.27 bits per heavy atom. The molecule has 0 bridgehead atoms. The van der Waals surface area contributed by atoms with Gasteiger partial charge >= 0.3 is 0 Å². The van der Waals surface area contributed by atoms with Gasteiger partial charge in [-0.05, 0) is 26.0 Å². The van der Waals surface area contributed by atoms with E-state index in [1.54, 1.807) is 15.6 Å². The number of amides is 1. The maximum Gasteiger partial charge on any atom is 0.228 e. The SMILES string of the molecule is CCN(CC)C(=O)Cc1ccc2nnc(-c3nccs3)n2n1. The molecule has 0 fully saturated rings. The summed E-state index contributed by atoms with van der Waals surface area (Å²) < 4.78 is 1.64. The van der Waals surface area contributed by atoms with Crippen LogP contribution in [0.5, 0.6) is 0 Å². The second kappa shape index (κ2) is 6.18. The molecule has 3 aromatic rings. The number of hydrogen-bond donors (Lipinski definition) is 0. The van der Waals surface area contributed by atoms with Crippen LogP contribution in [0, 0.1) is 0 Å². The molecule has 22 heavy (non-hydrogen) atoms. The average molecular weight is 316 g/mol. The Labute approximate surface area is 131 Å². The van der Waals surface area contributed by atoms with Gasteiger partial charge in [0.15, 0.2) is 10.7 Å². The highest BCUT2D eigenvalue weighted by molar-refractivity contribution is 7.13. The van der Waals surface area contributed by atoms with Crippen molar-refractivity contribution in [1.82, 2.24) is 29.7 Å². The van der Waals surface area contributed by atoms with Gasteiger partial charge in [0.25, 0.3) is 0 Å². The zero-order valence-electron chi connectivity index (χ0n) is 12.4. The number of likely N-dealkylation sites (N-methyl/N-ethyl adjacent to an activating group) is 1. The molecule has 0 aliphatic heterocycles. The van der Waals surface area contributed by atoms with Crippen LogP contribution in [-0.4, -0.2) is 48.7 Å². The van der Waals surface area contributed by atoms with Gasteiger partial charge in [0, 0.05) is 24.7 Å². The first-order chi connectivity index (χ1) is 10.7. The Kier molecular flexibility index (Phi) is 4.10. The molecule has 3 rings (SSSR count). The lowest BCUT2D eigenvalue weighted by Gasteiger charge is -2.18. The largest absolute Gasteiger partial charge is 0.343 e. The fourth-order valence-electron chi connectivity index (χ4n) is 2.23. The molecule has 3 heterocycles. The van der Waals surface area contributed by atoms with Gasteiger partial charge < -0.3 is 4.90 Å². The summed E-state index contributed by atoms with van der Waals surface area (Å²) in [6.45, 7) is 5.35. The van der Waals surface area contributed by atoms with Crippen LogP contribution in [0.1, 0.15) is 19.5 Å². The molecule has 0 spiro atoms. The molecule has 0 N–H and O–H groups in total. The fourth-order valence-corrected chi connectivity index (χ4v) is 2.84. The molecule has 0 atom stereocenters. The van der Waals surface area contributed by atoms with E-state index in [-0.39, 0.29) is 12.3 Å². The Morgan fingerprint density at radius 3 is 2.77 bits per heavy atom. The molecule has 7 nitrogen and oxygen atoms in total. The minimum absolute atomic E-state index is 0.0701. The van der Waals surface area contributed by atoms with Crippen LogP contribution in [0.2, 0.25) is 0 Å². The summed E-state index contributed by atoms with van der Waals surface area (Å²) in [5.74, 6) is 0.669. The molecule has 8 heteroatoms. The smallest absolute Gasteiger partial charge is 0.228 e. The molecule has 3 aromatic heterocycles. The van der Waals surface area contributed by atoms with Crippen LogP contribution in [-0.2, 0) is 11.2 Å². The third-order valence-corrected chi connectivity index (χ3v) is 4.16. The maximum atomic E-state index is 12.2. The highest BCUT2D eigenvalue weighted by Crippen LogP contribution is 2.19. The number of aromatic nitrogens is 5. The number of hydrogen-bond acceptors (Lipinski definition) is 6. The van der Waals surface area contributed by atoms with Crippen molar-refractivity contribution in [2.24, 2.45) is 0 Å². The number of carbonyl (C=O) groups is 1. The van der Waals surface area contributed by atoms with Crippen molar-refractivity contribution in [1.29, 1.82) is 0 Å². The summed E-state index contributed by atoms with van der Waals surface area (Å²) in [4.78, 5) is 18.2. The first-order valence-electron chi connectivity index (χ1n) is 7.12. The lowest BCUT2D eigenvalue weighted by Crippen LogP contribution is -2.32. The molecule has 0 aliphatic carbocycles. The van der Waals surface area contributed by atoms with Crippen LogP contribution in [0.25, 0.3) is 16.5 Å². The average Bonchev–Trinajstić information content (AvgIpc) is 3.16. The Hall–Kier alpha value is -2.35. The number of rotatable bonds is 5. The predicted molar refractivity (Wildman–Crippen MR) is 83.5 cm³/mol. The van der Waals surface area contributed by atoms with Crippen molar-refractivity contribution in [2.45, 2.75) is 20.3 Å². The van der Waals surface area contributed by atoms with Gasteiger partial charge in [-0.25, -0.2) is 4.98 Å². The molecule has 0 aliphatic rings. The van der Waals surface area contributed by atoms with Crippen LogP contribution in [0.3, 0.4) is 0 Å². The number of thiazole rings is 1. The molecule has 0 radical (unpaired) electrons. The van der Waals surface area contributed by atoms with Gasteiger partial charge in [-0.15, -0.1) is 21.5 Å². The van der Waals surface area contributed by atoms with Gasteiger partial charge in [-0.2, -0.15) is 9.61 Å². The minimum Gasteiger partial charge on any atom is -0.343 e. The summed E-state index contributed by atoms with van der Waals surface area (Å²) in [6, 6.07) is 3.64. The van der Waals surface area contributed by atoms with Gasteiger partial charge in [0.1, 0.15) is 0 Å². The van der Waals surface area contributed by atoms with E-state index in [1.165, 1.54) is 11.3 Å². The Balaban J connectivity index is 1.92. The van der Waals surface area contributed by atoms with Crippen molar-refractivity contribution < 1.29 is 4.79 Å². The topological polar surface area (TPSA) is 76.3 Å². The summed E-state index contributed by atoms with van der Waals surface area (Å²) in [6.07, 6.45) is 1.99. The van der Waals surface area contributed by atoms with E-state index in [1.807, 2.05) is 31.4 Å². The third kappa shape index (κ3) is 2.69. The summed E-state index contributed by atoms with van der Waals surface area (Å²) in [5.41, 5.74) is 1.34. The number of carbonyl (C=O) groups excluding carboxylic acids is 1. The summed E-state index contributed by atoms with van der Waals surface area (Å²) in [5, 5.41) is 15.3. The Bertz CT molecular complexity index is 778. The molecular formula is C14H16N6OS. The van der Waals surface area contributed by atoms with Crippen LogP contribution >= 0.6 is 11.3 Å². The number of fused-ring (bicyclic) bond motifs is 1. The molecule has 114 valence electrons. The first kappa shape index (κ1) is 14.6. The van der Waals surface area contributed by atoms with Crippen molar-refractivity contribution in [3.63, 3.8) is 0 Å². The van der Waals surface area contributed by atoms with Crippen molar-refractivity contribution in [2.75, 3.05) is 13.1 Å². The van der Waals surface area contributed by atoms with Crippen molar-refractivity contribution in [3.8, 4) is 10.8 Å². The third-order valence-electron chi connectivity index (χ3n) is 3.39. The van der Waals surface area contributed by atoms with Crippen LogP contribution < -0.4 is 0 Å².